The van der Waals surface area contributed by atoms with Gasteiger partial charge in [0.1, 0.15) is 5.25 Å². The maximum absolute atomic E-state index is 13.1. The first kappa shape index (κ1) is 15.0. The van der Waals surface area contributed by atoms with Crippen molar-refractivity contribution >= 4 is 35.0 Å². The lowest BCUT2D eigenvalue weighted by Gasteiger charge is -1.98. The molecule has 0 aliphatic carbocycles. The first-order valence-electron chi connectivity index (χ1n) is 5.75. The molecule has 21 heavy (non-hydrogen) atoms. The second kappa shape index (κ2) is 6.35. The Labute approximate surface area is 122 Å². The number of carboxylic acids is 1. The van der Waals surface area contributed by atoms with Gasteiger partial charge in [0.05, 0.1) is 12.6 Å². The average Bonchev–Trinajstić information content (AvgIpc) is 2.74. The Kier molecular flexibility index (Phi) is 4.53. The van der Waals surface area contributed by atoms with Crippen molar-refractivity contribution in [2.45, 2.75) is 11.7 Å². The molecule has 0 radical (unpaired) electrons. The van der Waals surface area contributed by atoms with Gasteiger partial charge in [0.2, 0.25) is 5.91 Å². The van der Waals surface area contributed by atoms with Crippen LogP contribution >= 0.6 is 11.8 Å². The van der Waals surface area contributed by atoms with E-state index < -0.39 is 28.7 Å². The van der Waals surface area contributed by atoms with Crippen molar-refractivity contribution < 1.29 is 24.2 Å². The van der Waals surface area contributed by atoms with Crippen LogP contribution in [-0.4, -0.2) is 38.7 Å². The quantitative estimate of drug-likeness (QED) is 0.566. The molecule has 0 bridgehead atoms. The Bertz CT molecular complexity index is 647. The number of hydrogen-bond donors (Lipinski definition) is 3. The van der Waals surface area contributed by atoms with Crippen LogP contribution in [0.15, 0.2) is 28.4 Å². The first-order valence-corrected chi connectivity index (χ1v) is 6.63. The number of thioether (sulfide) groups is 1. The number of carbonyl (C=O) groups excluding carboxylic acids is 1. The van der Waals surface area contributed by atoms with Crippen LogP contribution in [0.25, 0.3) is 0 Å². The minimum absolute atomic E-state index is 0.135. The fourth-order valence-corrected chi connectivity index (χ4v) is 2.44. The molecule has 1 aliphatic heterocycles. The van der Waals surface area contributed by atoms with Crippen LogP contribution in [-0.2, 0) is 9.59 Å². The molecule has 110 valence electrons. The predicted octanol–water partition coefficient (Wildman–Crippen LogP) is 0.928. The van der Waals surface area contributed by atoms with Crippen LogP contribution in [0.2, 0.25) is 0 Å². The van der Waals surface area contributed by atoms with Crippen LogP contribution in [0.5, 0.6) is 5.75 Å². The molecule has 3 N–H and O–H groups in total. The molecule has 7 nitrogen and oxygen atoms in total. The standard InChI is InChI=1S/C12H10FN3O4S/c13-7-3-1-2-6(10(7)19)5-14-16-12-15-11(20)8(21-12)4-9(17)18/h1-3,5,8,19H,4H2,(H,17,18)(H,15,16,20). The molecule has 2 rings (SSSR count). The normalized spacial score (nSPS) is 20.1. The third kappa shape index (κ3) is 3.78. The molecular formula is C12H10FN3O4S. The zero-order chi connectivity index (χ0) is 15.4. The highest BCUT2D eigenvalue weighted by Crippen LogP contribution is 2.22. The highest BCUT2D eigenvalue weighted by atomic mass is 32.2. The largest absolute Gasteiger partial charge is 0.504 e. The van der Waals surface area contributed by atoms with E-state index in [1.54, 1.807) is 0 Å². The van der Waals surface area contributed by atoms with E-state index in [1.807, 2.05) is 0 Å². The molecule has 9 heteroatoms. The number of carbonyl (C=O) groups is 2. The molecule has 1 heterocycles. The lowest BCUT2D eigenvalue weighted by Crippen LogP contribution is -2.26. The van der Waals surface area contributed by atoms with E-state index in [4.69, 9.17) is 5.11 Å². The maximum Gasteiger partial charge on any atom is 0.305 e. The number of carboxylic acid groups (broad SMARTS) is 1. The third-order valence-electron chi connectivity index (χ3n) is 2.50. The van der Waals surface area contributed by atoms with Gasteiger partial charge < -0.3 is 15.5 Å². The van der Waals surface area contributed by atoms with Crippen molar-refractivity contribution in [1.29, 1.82) is 0 Å². The number of amides is 1. The number of phenols is 1. The summed E-state index contributed by atoms with van der Waals surface area (Å²) in [5.41, 5.74) is 0.135. The van der Waals surface area contributed by atoms with Crippen molar-refractivity contribution in [2.75, 3.05) is 0 Å². The van der Waals surface area contributed by atoms with Crippen LogP contribution < -0.4 is 5.32 Å². The van der Waals surface area contributed by atoms with Crippen LogP contribution in [0.4, 0.5) is 4.39 Å². The zero-order valence-electron chi connectivity index (χ0n) is 10.5. The van der Waals surface area contributed by atoms with Gasteiger partial charge >= 0.3 is 5.97 Å². The lowest BCUT2D eigenvalue weighted by molar-refractivity contribution is -0.138. The molecule has 0 aromatic heterocycles. The number of amidine groups is 1. The number of benzene rings is 1. The number of halogens is 1. The lowest BCUT2D eigenvalue weighted by atomic mass is 10.2. The SMILES string of the molecule is O=C(O)CC1SC(=NN=Cc2cccc(F)c2O)NC1=O. The van der Waals surface area contributed by atoms with E-state index >= 15 is 0 Å². The molecule has 1 saturated heterocycles. The molecule has 0 saturated carbocycles. The molecule has 1 amide bonds. The van der Waals surface area contributed by atoms with E-state index in [0.717, 1.165) is 24.0 Å². The number of nitrogens with one attached hydrogen (secondary N) is 1. The maximum atomic E-state index is 13.1. The summed E-state index contributed by atoms with van der Waals surface area (Å²) in [5, 5.41) is 27.1. The molecule has 1 atom stereocenters. The molecule has 1 unspecified atom stereocenters. The van der Waals surface area contributed by atoms with Gasteiger partial charge in [-0.15, -0.1) is 5.10 Å². The van der Waals surface area contributed by atoms with Crippen LogP contribution in [0.1, 0.15) is 12.0 Å². The number of para-hydroxylation sites is 1. The Morgan fingerprint density at radius 2 is 2.29 bits per heavy atom. The molecule has 1 aromatic carbocycles. The average molecular weight is 311 g/mol. The van der Waals surface area contributed by atoms with Crippen molar-refractivity contribution in [1.82, 2.24) is 5.32 Å². The van der Waals surface area contributed by atoms with Crippen molar-refractivity contribution in [3.63, 3.8) is 0 Å². The predicted molar refractivity (Wildman–Crippen MR) is 74.9 cm³/mol. The summed E-state index contributed by atoms with van der Waals surface area (Å²) >= 11 is 0.948. The summed E-state index contributed by atoms with van der Waals surface area (Å²) in [6.45, 7) is 0. The van der Waals surface area contributed by atoms with E-state index in [-0.39, 0.29) is 17.2 Å². The highest BCUT2D eigenvalue weighted by molar-refractivity contribution is 8.15. The molecular weight excluding hydrogens is 301 g/mol. The fraction of sp³-hybridized carbons (Fsp3) is 0.167. The van der Waals surface area contributed by atoms with Crippen LogP contribution in [0.3, 0.4) is 0 Å². The number of phenolic OH excluding ortho intramolecular Hbond substituents is 1. The zero-order valence-corrected chi connectivity index (χ0v) is 11.3. The number of rotatable bonds is 4. The van der Waals surface area contributed by atoms with Gasteiger partial charge in [0.25, 0.3) is 0 Å². The number of aromatic hydroxyl groups is 1. The summed E-state index contributed by atoms with van der Waals surface area (Å²) in [7, 11) is 0. The molecule has 1 aliphatic rings. The third-order valence-corrected chi connectivity index (χ3v) is 3.57. The highest BCUT2D eigenvalue weighted by Gasteiger charge is 2.32. The minimum atomic E-state index is -1.09. The van der Waals surface area contributed by atoms with Gasteiger partial charge in [0, 0.05) is 5.56 Å². The van der Waals surface area contributed by atoms with E-state index in [2.05, 4.69) is 15.5 Å². The van der Waals surface area contributed by atoms with E-state index in [9.17, 15) is 19.1 Å². The van der Waals surface area contributed by atoms with Gasteiger partial charge in [-0.25, -0.2) is 4.39 Å². The van der Waals surface area contributed by atoms with Gasteiger partial charge in [0.15, 0.2) is 16.7 Å². The second-order valence-corrected chi connectivity index (χ2v) is 5.21. The summed E-state index contributed by atoms with van der Waals surface area (Å²) in [5.74, 6) is -2.87. The van der Waals surface area contributed by atoms with Crippen molar-refractivity contribution in [3.8, 4) is 5.75 Å². The summed E-state index contributed by atoms with van der Waals surface area (Å²) in [6.07, 6.45) is 0.812. The van der Waals surface area contributed by atoms with Crippen LogP contribution in [0, 0.1) is 5.82 Å². The van der Waals surface area contributed by atoms with Gasteiger partial charge in [-0.3, -0.25) is 9.59 Å². The summed E-state index contributed by atoms with van der Waals surface area (Å²) < 4.78 is 13.1. The fourth-order valence-electron chi connectivity index (χ4n) is 1.52. The smallest absolute Gasteiger partial charge is 0.305 e. The van der Waals surface area contributed by atoms with E-state index in [1.165, 1.54) is 12.1 Å². The van der Waals surface area contributed by atoms with Gasteiger partial charge in [-0.2, -0.15) is 5.10 Å². The summed E-state index contributed by atoms with van der Waals surface area (Å²) in [6, 6.07) is 3.94. The van der Waals surface area contributed by atoms with Gasteiger partial charge in [-0.05, 0) is 12.1 Å². The number of nitrogens with zero attached hydrogens (tertiary/aromatic N) is 2. The topological polar surface area (TPSA) is 111 Å². The van der Waals surface area contributed by atoms with Crippen molar-refractivity contribution in [3.05, 3.63) is 29.6 Å². The Morgan fingerprint density at radius 3 is 3.00 bits per heavy atom. The van der Waals surface area contributed by atoms with Gasteiger partial charge in [-0.1, -0.05) is 17.8 Å². The summed E-state index contributed by atoms with van der Waals surface area (Å²) in [4.78, 5) is 22.0. The van der Waals surface area contributed by atoms with E-state index in [0.29, 0.717) is 0 Å². The second-order valence-electron chi connectivity index (χ2n) is 4.02. The number of hydrogen-bond acceptors (Lipinski definition) is 6. The minimum Gasteiger partial charge on any atom is -0.504 e. The number of aliphatic carboxylic acids is 1. The Hall–Kier alpha value is -2.42. The van der Waals surface area contributed by atoms with Crippen molar-refractivity contribution in [2.24, 2.45) is 10.2 Å². The monoisotopic (exact) mass is 311 g/mol. The Morgan fingerprint density at radius 1 is 1.52 bits per heavy atom. The molecule has 1 aromatic rings. The molecule has 0 spiro atoms. The Balaban J connectivity index is 2.05. The first-order chi connectivity index (χ1) is 9.97. The molecule has 1 fully saturated rings.